The Morgan fingerprint density at radius 1 is 0.846 bits per heavy atom. The largest absolute Gasteiger partial charge is 0.314 e. The van der Waals surface area contributed by atoms with E-state index in [1.165, 1.54) is 64.3 Å². The molecular formula is C12H23N. The van der Waals surface area contributed by atoms with Gasteiger partial charge < -0.3 is 5.32 Å². The Hall–Kier alpha value is -0.0400. The molecule has 1 saturated carbocycles. The SMILES string of the molecule is C1CCC(C[C@@H]2CCCCN2)CC1. The van der Waals surface area contributed by atoms with E-state index in [4.69, 9.17) is 0 Å². The average molecular weight is 181 g/mol. The van der Waals surface area contributed by atoms with Gasteiger partial charge in [0.25, 0.3) is 0 Å². The summed E-state index contributed by atoms with van der Waals surface area (Å²) in [5.74, 6) is 1.06. The van der Waals surface area contributed by atoms with Gasteiger partial charge in [-0.2, -0.15) is 0 Å². The molecule has 0 bridgehead atoms. The van der Waals surface area contributed by atoms with Crippen molar-refractivity contribution in [3.05, 3.63) is 0 Å². The molecule has 1 atom stereocenters. The monoisotopic (exact) mass is 181 g/mol. The standard InChI is InChI=1S/C12H23N/c1-2-6-11(7-3-1)10-12-8-4-5-9-13-12/h11-13H,1-10H2/t12-/m0/s1. The molecule has 1 aliphatic carbocycles. The second-order valence-corrected chi connectivity index (χ2v) is 4.89. The van der Waals surface area contributed by atoms with Crippen LogP contribution in [0.2, 0.25) is 0 Å². The molecule has 0 radical (unpaired) electrons. The van der Waals surface area contributed by atoms with Gasteiger partial charge in [0.05, 0.1) is 0 Å². The molecule has 76 valence electrons. The zero-order chi connectivity index (χ0) is 8.93. The van der Waals surface area contributed by atoms with Crippen molar-refractivity contribution in [2.75, 3.05) is 6.54 Å². The first kappa shape index (κ1) is 9.51. The lowest BCUT2D eigenvalue weighted by molar-refractivity contribution is 0.273. The Balaban J connectivity index is 1.69. The van der Waals surface area contributed by atoms with Crippen LogP contribution in [0.4, 0.5) is 0 Å². The number of rotatable bonds is 2. The Morgan fingerprint density at radius 2 is 1.62 bits per heavy atom. The van der Waals surface area contributed by atoms with Gasteiger partial charge in [-0.3, -0.25) is 0 Å². The van der Waals surface area contributed by atoms with Gasteiger partial charge in [0.15, 0.2) is 0 Å². The van der Waals surface area contributed by atoms with E-state index in [0.29, 0.717) is 0 Å². The lowest BCUT2D eigenvalue weighted by Gasteiger charge is -2.29. The summed E-state index contributed by atoms with van der Waals surface area (Å²) in [6, 6.07) is 0.872. The van der Waals surface area contributed by atoms with Crippen molar-refractivity contribution in [1.29, 1.82) is 0 Å². The molecule has 0 spiro atoms. The molecule has 0 aromatic heterocycles. The topological polar surface area (TPSA) is 12.0 Å². The first-order valence-electron chi connectivity index (χ1n) is 6.18. The molecular weight excluding hydrogens is 158 g/mol. The Bertz CT molecular complexity index is 116. The number of hydrogen-bond acceptors (Lipinski definition) is 1. The number of nitrogens with one attached hydrogen (secondary N) is 1. The third-order valence-electron chi connectivity index (χ3n) is 3.75. The van der Waals surface area contributed by atoms with Crippen LogP contribution >= 0.6 is 0 Å². The summed E-state index contributed by atoms with van der Waals surface area (Å²) in [5, 5.41) is 3.67. The third kappa shape index (κ3) is 2.98. The molecule has 2 aliphatic rings. The maximum Gasteiger partial charge on any atom is 0.00697 e. The molecule has 0 aromatic rings. The van der Waals surface area contributed by atoms with Gasteiger partial charge in [-0.25, -0.2) is 0 Å². The normalized spacial score (nSPS) is 31.8. The molecule has 0 aromatic carbocycles. The zero-order valence-electron chi connectivity index (χ0n) is 8.73. The van der Waals surface area contributed by atoms with Crippen LogP contribution in [-0.4, -0.2) is 12.6 Å². The summed E-state index contributed by atoms with van der Waals surface area (Å²) in [6.45, 7) is 1.28. The first-order valence-corrected chi connectivity index (χ1v) is 6.18. The molecule has 2 fully saturated rings. The van der Waals surface area contributed by atoms with Gasteiger partial charge in [-0.1, -0.05) is 38.5 Å². The lowest BCUT2D eigenvalue weighted by Crippen LogP contribution is -2.35. The smallest absolute Gasteiger partial charge is 0.00697 e. The van der Waals surface area contributed by atoms with Gasteiger partial charge in [0.2, 0.25) is 0 Å². The molecule has 1 saturated heterocycles. The van der Waals surface area contributed by atoms with E-state index in [-0.39, 0.29) is 0 Å². The molecule has 0 unspecified atom stereocenters. The molecule has 1 heterocycles. The van der Waals surface area contributed by atoms with Crippen LogP contribution in [0.1, 0.15) is 57.8 Å². The van der Waals surface area contributed by atoms with Crippen LogP contribution in [0.5, 0.6) is 0 Å². The van der Waals surface area contributed by atoms with E-state index in [2.05, 4.69) is 5.32 Å². The van der Waals surface area contributed by atoms with Crippen molar-refractivity contribution in [2.24, 2.45) is 5.92 Å². The van der Waals surface area contributed by atoms with Crippen LogP contribution < -0.4 is 5.32 Å². The second-order valence-electron chi connectivity index (χ2n) is 4.89. The molecule has 2 rings (SSSR count). The highest BCUT2D eigenvalue weighted by molar-refractivity contribution is 4.77. The van der Waals surface area contributed by atoms with Crippen molar-refractivity contribution in [3.8, 4) is 0 Å². The molecule has 1 nitrogen and oxygen atoms in total. The van der Waals surface area contributed by atoms with Crippen LogP contribution in [0, 0.1) is 5.92 Å². The van der Waals surface area contributed by atoms with E-state index in [1.54, 1.807) is 0 Å². The molecule has 0 amide bonds. The summed E-state index contributed by atoms with van der Waals surface area (Å²) in [7, 11) is 0. The van der Waals surface area contributed by atoms with E-state index in [1.807, 2.05) is 0 Å². The zero-order valence-corrected chi connectivity index (χ0v) is 8.73. The Kier molecular flexibility index (Phi) is 3.65. The maximum absolute atomic E-state index is 3.67. The summed E-state index contributed by atoms with van der Waals surface area (Å²) < 4.78 is 0. The van der Waals surface area contributed by atoms with Gasteiger partial charge in [-0.15, -0.1) is 0 Å². The van der Waals surface area contributed by atoms with E-state index in [0.717, 1.165) is 12.0 Å². The van der Waals surface area contributed by atoms with Gasteiger partial charge in [0.1, 0.15) is 0 Å². The Labute approximate surface area is 82.3 Å². The van der Waals surface area contributed by atoms with Crippen molar-refractivity contribution in [3.63, 3.8) is 0 Å². The second kappa shape index (κ2) is 4.99. The Morgan fingerprint density at radius 3 is 2.31 bits per heavy atom. The summed E-state index contributed by atoms with van der Waals surface area (Å²) in [4.78, 5) is 0. The summed E-state index contributed by atoms with van der Waals surface area (Å²) in [5.41, 5.74) is 0. The fourth-order valence-electron chi connectivity index (χ4n) is 2.95. The minimum atomic E-state index is 0.872. The van der Waals surface area contributed by atoms with E-state index in [9.17, 15) is 0 Å². The van der Waals surface area contributed by atoms with E-state index >= 15 is 0 Å². The minimum Gasteiger partial charge on any atom is -0.314 e. The molecule has 1 heteroatoms. The highest BCUT2D eigenvalue weighted by Crippen LogP contribution is 2.28. The maximum atomic E-state index is 3.67. The summed E-state index contributed by atoms with van der Waals surface area (Å²) in [6.07, 6.45) is 13.3. The average Bonchev–Trinajstić information content (AvgIpc) is 2.21. The van der Waals surface area contributed by atoms with Crippen LogP contribution in [0.25, 0.3) is 0 Å². The van der Waals surface area contributed by atoms with Gasteiger partial charge >= 0.3 is 0 Å². The highest BCUT2D eigenvalue weighted by Gasteiger charge is 2.19. The van der Waals surface area contributed by atoms with Crippen molar-refractivity contribution in [2.45, 2.75) is 63.8 Å². The fraction of sp³-hybridized carbons (Fsp3) is 1.00. The van der Waals surface area contributed by atoms with Gasteiger partial charge in [0, 0.05) is 6.04 Å². The highest BCUT2D eigenvalue weighted by atomic mass is 14.9. The molecule has 13 heavy (non-hydrogen) atoms. The predicted octanol–water partition coefficient (Wildman–Crippen LogP) is 3.10. The van der Waals surface area contributed by atoms with E-state index < -0.39 is 0 Å². The quantitative estimate of drug-likeness (QED) is 0.690. The third-order valence-corrected chi connectivity index (χ3v) is 3.75. The minimum absolute atomic E-state index is 0.872. The van der Waals surface area contributed by atoms with Crippen LogP contribution in [0.3, 0.4) is 0 Å². The fourth-order valence-corrected chi connectivity index (χ4v) is 2.95. The summed E-state index contributed by atoms with van der Waals surface area (Å²) >= 11 is 0. The predicted molar refractivity (Wildman–Crippen MR) is 56.8 cm³/mol. The van der Waals surface area contributed by atoms with Gasteiger partial charge in [-0.05, 0) is 31.7 Å². The number of hydrogen-bond donors (Lipinski definition) is 1. The number of piperidine rings is 1. The van der Waals surface area contributed by atoms with Crippen molar-refractivity contribution < 1.29 is 0 Å². The van der Waals surface area contributed by atoms with Crippen LogP contribution in [0.15, 0.2) is 0 Å². The van der Waals surface area contributed by atoms with Crippen molar-refractivity contribution in [1.82, 2.24) is 5.32 Å². The molecule has 1 N–H and O–H groups in total. The van der Waals surface area contributed by atoms with Crippen LogP contribution in [-0.2, 0) is 0 Å². The first-order chi connectivity index (χ1) is 6.45. The van der Waals surface area contributed by atoms with Crippen molar-refractivity contribution >= 4 is 0 Å². The molecule has 1 aliphatic heterocycles. The lowest BCUT2D eigenvalue weighted by atomic mass is 9.83.